The second-order valence-corrected chi connectivity index (χ2v) is 5.25. The van der Waals surface area contributed by atoms with Crippen LogP contribution in [-0.4, -0.2) is 11.0 Å². The standard InChI is InChI=1S/C16H23N3O/c1-2-6-14-13(12-7-4-3-5-8-12)9-10-19-15(14)11-20-16(17)18/h2,6,9-10,12H,3-5,7-8,11H2,1H3,(H3,17,18)/b6-2-. The molecule has 20 heavy (non-hydrogen) atoms. The lowest BCUT2D eigenvalue weighted by atomic mass is 9.82. The number of ether oxygens (including phenoxy) is 1. The van der Waals surface area contributed by atoms with Crippen LogP contribution in [0.5, 0.6) is 0 Å². The Labute approximate surface area is 120 Å². The molecule has 0 amide bonds. The molecule has 1 aromatic heterocycles. The normalized spacial score (nSPS) is 16.4. The summed E-state index contributed by atoms with van der Waals surface area (Å²) in [6.07, 6.45) is 12.4. The summed E-state index contributed by atoms with van der Waals surface area (Å²) in [6.45, 7) is 2.27. The van der Waals surface area contributed by atoms with E-state index in [2.05, 4.69) is 17.1 Å². The van der Waals surface area contributed by atoms with Gasteiger partial charge in [-0.25, -0.2) is 0 Å². The number of amidine groups is 1. The van der Waals surface area contributed by atoms with Gasteiger partial charge in [-0.05, 0) is 37.3 Å². The molecule has 4 heteroatoms. The molecule has 3 N–H and O–H groups in total. The average Bonchev–Trinajstić information content (AvgIpc) is 2.47. The SMILES string of the molecule is C/C=C\c1c(C2CCCCC2)ccnc1COC(=N)N. The lowest BCUT2D eigenvalue weighted by Gasteiger charge is -2.24. The third-order valence-corrected chi connectivity index (χ3v) is 3.85. The van der Waals surface area contributed by atoms with Gasteiger partial charge in [0.25, 0.3) is 6.02 Å². The molecule has 1 aromatic rings. The Morgan fingerprint density at radius 3 is 2.85 bits per heavy atom. The fraction of sp³-hybridized carbons (Fsp3) is 0.500. The molecule has 0 aromatic carbocycles. The zero-order valence-corrected chi connectivity index (χ0v) is 12.1. The van der Waals surface area contributed by atoms with Gasteiger partial charge in [0.2, 0.25) is 0 Å². The molecule has 108 valence electrons. The fourth-order valence-electron chi connectivity index (χ4n) is 2.92. The number of pyridine rings is 1. The summed E-state index contributed by atoms with van der Waals surface area (Å²) in [5, 5.41) is 7.18. The van der Waals surface area contributed by atoms with E-state index in [1.165, 1.54) is 37.7 Å². The molecule has 1 fully saturated rings. The lowest BCUT2D eigenvalue weighted by molar-refractivity contribution is 0.279. The summed E-state index contributed by atoms with van der Waals surface area (Å²) in [4.78, 5) is 4.40. The predicted octanol–water partition coefficient (Wildman–Crippen LogP) is 3.57. The van der Waals surface area contributed by atoms with Crippen molar-refractivity contribution in [2.75, 3.05) is 0 Å². The van der Waals surface area contributed by atoms with Crippen LogP contribution < -0.4 is 5.73 Å². The van der Waals surface area contributed by atoms with E-state index in [0.717, 1.165) is 11.3 Å². The third kappa shape index (κ3) is 3.59. The summed E-state index contributed by atoms with van der Waals surface area (Å²) in [5.74, 6) is 0.619. The van der Waals surface area contributed by atoms with Crippen LogP contribution in [0, 0.1) is 5.41 Å². The van der Waals surface area contributed by atoms with Gasteiger partial charge >= 0.3 is 0 Å². The molecule has 0 atom stereocenters. The van der Waals surface area contributed by atoms with Crippen molar-refractivity contribution >= 4 is 12.1 Å². The molecule has 1 heterocycles. The van der Waals surface area contributed by atoms with Crippen LogP contribution in [0.1, 0.15) is 61.8 Å². The van der Waals surface area contributed by atoms with Crippen molar-refractivity contribution in [3.63, 3.8) is 0 Å². The Morgan fingerprint density at radius 2 is 2.20 bits per heavy atom. The minimum atomic E-state index is -0.263. The number of hydrogen-bond acceptors (Lipinski definition) is 3. The van der Waals surface area contributed by atoms with Gasteiger partial charge in [-0.1, -0.05) is 31.4 Å². The predicted molar refractivity (Wildman–Crippen MR) is 81.5 cm³/mol. The molecule has 0 bridgehead atoms. The Kier molecular flexibility index (Phi) is 5.16. The molecule has 1 aliphatic rings. The van der Waals surface area contributed by atoms with Crippen molar-refractivity contribution in [2.24, 2.45) is 5.73 Å². The first kappa shape index (κ1) is 14.6. The maximum absolute atomic E-state index is 7.18. The Morgan fingerprint density at radius 1 is 1.45 bits per heavy atom. The lowest BCUT2D eigenvalue weighted by Crippen LogP contribution is -2.15. The van der Waals surface area contributed by atoms with E-state index in [9.17, 15) is 0 Å². The molecule has 0 aliphatic heterocycles. The molecule has 2 rings (SSSR count). The number of nitrogens with two attached hydrogens (primary N) is 1. The summed E-state index contributed by atoms with van der Waals surface area (Å²) in [7, 11) is 0. The topological polar surface area (TPSA) is 72.0 Å². The first-order valence-corrected chi connectivity index (χ1v) is 7.29. The van der Waals surface area contributed by atoms with Crippen molar-refractivity contribution in [3.8, 4) is 0 Å². The second-order valence-electron chi connectivity index (χ2n) is 5.25. The van der Waals surface area contributed by atoms with Crippen LogP contribution in [0.4, 0.5) is 0 Å². The van der Waals surface area contributed by atoms with Crippen molar-refractivity contribution in [1.82, 2.24) is 4.98 Å². The number of aromatic nitrogens is 1. The van der Waals surface area contributed by atoms with Crippen molar-refractivity contribution in [3.05, 3.63) is 35.2 Å². The van der Waals surface area contributed by atoms with Gasteiger partial charge in [-0.2, -0.15) is 0 Å². The van der Waals surface area contributed by atoms with E-state index in [4.69, 9.17) is 15.9 Å². The molecular weight excluding hydrogens is 250 g/mol. The highest BCUT2D eigenvalue weighted by atomic mass is 16.5. The van der Waals surface area contributed by atoms with Gasteiger partial charge in [-0.15, -0.1) is 0 Å². The van der Waals surface area contributed by atoms with E-state index in [1.54, 1.807) is 0 Å². The Balaban J connectivity index is 2.29. The monoisotopic (exact) mass is 273 g/mol. The number of nitrogens with one attached hydrogen (secondary N) is 1. The number of nitrogens with zero attached hydrogens (tertiary/aromatic N) is 1. The molecular formula is C16H23N3O. The molecule has 0 saturated heterocycles. The summed E-state index contributed by atoms with van der Waals surface area (Å²) >= 11 is 0. The van der Waals surface area contributed by atoms with Gasteiger partial charge in [0.15, 0.2) is 0 Å². The van der Waals surface area contributed by atoms with Gasteiger partial charge < -0.3 is 10.5 Å². The fourth-order valence-corrected chi connectivity index (χ4v) is 2.92. The smallest absolute Gasteiger partial charge is 0.279 e. The summed E-state index contributed by atoms with van der Waals surface area (Å²) in [5.41, 5.74) is 8.63. The first-order chi connectivity index (χ1) is 9.72. The Bertz CT molecular complexity index is 490. The average molecular weight is 273 g/mol. The highest BCUT2D eigenvalue weighted by Crippen LogP contribution is 2.35. The third-order valence-electron chi connectivity index (χ3n) is 3.85. The zero-order valence-electron chi connectivity index (χ0n) is 12.1. The molecule has 0 radical (unpaired) electrons. The highest BCUT2D eigenvalue weighted by Gasteiger charge is 2.19. The van der Waals surface area contributed by atoms with E-state index in [-0.39, 0.29) is 12.6 Å². The highest BCUT2D eigenvalue weighted by molar-refractivity contribution is 5.67. The van der Waals surface area contributed by atoms with Gasteiger partial charge in [0.1, 0.15) is 6.61 Å². The van der Waals surface area contributed by atoms with Gasteiger partial charge in [0.05, 0.1) is 5.69 Å². The summed E-state index contributed by atoms with van der Waals surface area (Å²) in [6, 6.07) is 1.86. The van der Waals surface area contributed by atoms with Crippen LogP contribution >= 0.6 is 0 Å². The molecule has 0 unspecified atom stereocenters. The molecule has 1 saturated carbocycles. The van der Waals surface area contributed by atoms with Gasteiger partial charge in [0, 0.05) is 11.8 Å². The maximum Gasteiger partial charge on any atom is 0.279 e. The van der Waals surface area contributed by atoms with Crippen LogP contribution in [0.2, 0.25) is 0 Å². The van der Waals surface area contributed by atoms with Crippen molar-refractivity contribution in [1.29, 1.82) is 5.41 Å². The number of allylic oxidation sites excluding steroid dienone is 1. The van der Waals surface area contributed by atoms with Crippen LogP contribution in [0.25, 0.3) is 6.08 Å². The quantitative estimate of drug-likeness (QED) is 0.650. The molecule has 4 nitrogen and oxygen atoms in total. The van der Waals surface area contributed by atoms with Crippen LogP contribution in [0.3, 0.4) is 0 Å². The Hall–Kier alpha value is -1.84. The van der Waals surface area contributed by atoms with Crippen LogP contribution in [-0.2, 0) is 11.3 Å². The van der Waals surface area contributed by atoms with E-state index in [1.807, 2.05) is 19.2 Å². The van der Waals surface area contributed by atoms with Crippen molar-refractivity contribution < 1.29 is 4.74 Å². The minimum Gasteiger partial charge on any atom is -0.459 e. The largest absolute Gasteiger partial charge is 0.459 e. The van der Waals surface area contributed by atoms with E-state index < -0.39 is 0 Å². The van der Waals surface area contributed by atoms with E-state index in [0.29, 0.717) is 5.92 Å². The maximum atomic E-state index is 7.18. The minimum absolute atomic E-state index is 0.259. The second kappa shape index (κ2) is 7.08. The molecule has 1 aliphatic carbocycles. The van der Waals surface area contributed by atoms with E-state index >= 15 is 0 Å². The van der Waals surface area contributed by atoms with Gasteiger partial charge in [-0.3, -0.25) is 10.4 Å². The van der Waals surface area contributed by atoms with Crippen molar-refractivity contribution in [2.45, 2.75) is 51.6 Å². The summed E-state index contributed by atoms with van der Waals surface area (Å²) < 4.78 is 5.12. The first-order valence-electron chi connectivity index (χ1n) is 7.29. The number of hydrogen-bond donors (Lipinski definition) is 2. The number of rotatable bonds is 4. The zero-order chi connectivity index (χ0) is 14.4. The van der Waals surface area contributed by atoms with Crippen LogP contribution in [0.15, 0.2) is 18.3 Å². The molecule has 0 spiro atoms.